The third kappa shape index (κ3) is 3.27. The number of carbonyl (C=O) groups excluding carboxylic acids is 1. The van der Waals surface area contributed by atoms with Crippen molar-refractivity contribution < 1.29 is 9.53 Å². The second-order valence-corrected chi connectivity index (χ2v) is 4.06. The van der Waals surface area contributed by atoms with E-state index in [2.05, 4.69) is 0 Å². The van der Waals surface area contributed by atoms with Crippen LogP contribution in [-0.2, 0) is 9.53 Å². The normalized spacial score (nSPS) is 20.5. The van der Waals surface area contributed by atoms with E-state index in [1.165, 1.54) is 0 Å². The Bertz CT molecular complexity index is 189. The second-order valence-electron chi connectivity index (χ2n) is 4.06. The number of hydrogen-bond acceptors (Lipinski definition) is 3. The lowest BCUT2D eigenvalue weighted by Gasteiger charge is -2.28. The first-order valence-corrected chi connectivity index (χ1v) is 5.19. The number of ether oxygens (including phenoxy) is 1. The zero-order chi connectivity index (χ0) is 10.6. The molecule has 82 valence electrons. The molecular weight excluding hydrogens is 180 g/mol. The SMILES string of the molecule is C[C@H](N)C(=O)N(C)CC1CCOCC1. The lowest BCUT2D eigenvalue weighted by atomic mass is 10.00. The molecule has 1 amide bonds. The average Bonchev–Trinajstić information content (AvgIpc) is 2.18. The van der Waals surface area contributed by atoms with E-state index in [-0.39, 0.29) is 11.9 Å². The van der Waals surface area contributed by atoms with Gasteiger partial charge in [0, 0.05) is 26.8 Å². The monoisotopic (exact) mass is 200 g/mol. The molecule has 14 heavy (non-hydrogen) atoms. The van der Waals surface area contributed by atoms with Crippen LogP contribution in [-0.4, -0.2) is 43.7 Å². The Labute approximate surface area is 85.4 Å². The minimum absolute atomic E-state index is 0.0245. The quantitative estimate of drug-likeness (QED) is 0.709. The number of nitrogens with zero attached hydrogens (tertiary/aromatic N) is 1. The molecular formula is C10H20N2O2. The van der Waals surface area contributed by atoms with E-state index in [0.717, 1.165) is 32.6 Å². The van der Waals surface area contributed by atoms with Gasteiger partial charge in [-0.2, -0.15) is 0 Å². The zero-order valence-electron chi connectivity index (χ0n) is 9.03. The minimum Gasteiger partial charge on any atom is -0.381 e. The molecule has 1 heterocycles. The van der Waals surface area contributed by atoms with E-state index >= 15 is 0 Å². The summed E-state index contributed by atoms with van der Waals surface area (Å²) < 4.78 is 5.26. The van der Waals surface area contributed by atoms with Gasteiger partial charge in [0.1, 0.15) is 0 Å². The topological polar surface area (TPSA) is 55.6 Å². The van der Waals surface area contributed by atoms with Gasteiger partial charge in [-0.05, 0) is 25.7 Å². The van der Waals surface area contributed by atoms with Crippen molar-refractivity contribution in [3.05, 3.63) is 0 Å². The molecule has 0 unspecified atom stereocenters. The molecule has 0 aliphatic carbocycles. The van der Waals surface area contributed by atoms with Crippen molar-refractivity contribution in [2.75, 3.05) is 26.8 Å². The zero-order valence-corrected chi connectivity index (χ0v) is 9.03. The summed E-state index contributed by atoms with van der Waals surface area (Å²) in [4.78, 5) is 13.2. The van der Waals surface area contributed by atoms with Crippen molar-refractivity contribution in [3.8, 4) is 0 Å². The summed E-state index contributed by atoms with van der Waals surface area (Å²) in [7, 11) is 1.82. The Hall–Kier alpha value is -0.610. The molecule has 0 radical (unpaired) electrons. The van der Waals surface area contributed by atoms with E-state index in [1.54, 1.807) is 11.8 Å². The van der Waals surface area contributed by atoms with Crippen molar-refractivity contribution in [2.24, 2.45) is 11.7 Å². The van der Waals surface area contributed by atoms with E-state index < -0.39 is 0 Å². The lowest BCUT2D eigenvalue weighted by molar-refractivity contribution is -0.131. The van der Waals surface area contributed by atoms with Gasteiger partial charge in [0.05, 0.1) is 6.04 Å². The fraction of sp³-hybridized carbons (Fsp3) is 0.900. The molecule has 1 fully saturated rings. The van der Waals surface area contributed by atoms with Gasteiger partial charge >= 0.3 is 0 Å². The Kier molecular flexibility index (Phi) is 4.35. The third-order valence-electron chi connectivity index (χ3n) is 2.64. The number of likely N-dealkylation sites (N-methyl/N-ethyl adjacent to an activating group) is 1. The highest BCUT2D eigenvalue weighted by atomic mass is 16.5. The van der Waals surface area contributed by atoms with E-state index in [1.807, 2.05) is 7.05 Å². The smallest absolute Gasteiger partial charge is 0.238 e. The molecule has 0 bridgehead atoms. The van der Waals surface area contributed by atoms with Crippen LogP contribution in [0, 0.1) is 5.92 Å². The molecule has 4 nitrogen and oxygen atoms in total. The molecule has 1 aliphatic rings. The Morgan fingerprint density at radius 3 is 2.64 bits per heavy atom. The molecule has 1 aliphatic heterocycles. The van der Waals surface area contributed by atoms with Gasteiger partial charge in [-0.25, -0.2) is 0 Å². The average molecular weight is 200 g/mol. The number of amides is 1. The van der Waals surface area contributed by atoms with Crippen LogP contribution >= 0.6 is 0 Å². The molecule has 1 atom stereocenters. The van der Waals surface area contributed by atoms with Gasteiger partial charge in [0.15, 0.2) is 0 Å². The van der Waals surface area contributed by atoms with Gasteiger partial charge in [-0.1, -0.05) is 0 Å². The van der Waals surface area contributed by atoms with Crippen LogP contribution < -0.4 is 5.73 Å². The molecule has 0 aromatic heterocycles. The maximum absolute atomic E-state index is 11.5. The summed E-state index contributed by atoms with van der Waals surface area (Å²) in [6, 6.07) is -0.389. The first kappa shape index (κ1) is 11.5. The van der Waals surface area contributed by atoms with Crippen molar-refractivity contribution in [1.82, 2.24) is 4.90 Å². The summed E-state index contributed by atoms with van der Waals surface area (Å²) in [5.41, 5.74) is 5.53. The fourth-order valence-electron chi connectivity index (χ4n) is 1.75. The summed E-state index contributed by atoms with van der Waals surface area (Å²) in [6.07, 6.45) is 2.10. The van der Waals surface area contributed by atoms with Crippen LogP contribution in [0.15, 0.2) is 0 Å². The maximum atomic E-state index is 11.5. The fourth-order valence-corrected chi connectivity index (χ4v) is 1.75. The number of rotatable bonds is 3. The molecule has 2 N–H and O–H groups in total. The summed E-state index contributed by atoms with van der Waals surface area (Å²) in [6.45, 7) is 4.18. The summed E-state index contributed by atoms with van der Waals surface area (Å²) in [5.74, 6) is 0.605. The van der Waals surface area contributed by atoms with Crippen molar-refractivity contribution in [3.63, 3.8) is 0 Å². The van der Waals surface area contributed by atoms with Crippen molar-refractivity contribution >= 4 is 5.91 Å². The van der Waals surface area contributed by atoms with Gasteiger partial charge in [-0.15, -0.1) is 0 Å². The summed E-state index contributed by atoms with van der Waals surface area (Å²) >= 11 is 0. The number of nitrogens with two attached hydrogens (primary N) is 1. The maximum Gasteiger partial charge on any atom is 0.238 e. The standard InChI is InChI=1S/C10H20N2O2/c1-8(11)10(13)12(2)7-9-3-5-14-6-4-9/h8-9H,3-7,11H2,1-2H3/t8-/m0/s1. The van der Waals surface area contributed by atoms with Crippen molar-refractivity contribution in [2.45, 2.75) is 25.8 Å². The predicted molar refractivity (Wildman–Crippen MR) is 54.8 cm³/mol. The van der Waals surface area contributed by atoms with E-state index in [9.17, 15) is 4.79 Å². The number of hydrogen-bond donors (Lipinski definition) is 1. The molecule has 0 spiro atoms. The van der Waals surface area contributed by atoms with Gasteiger partial charge < -0.3 is 15.4 Å². The lowest BCUT2D eigenvalue weighted by Crippen LogP contribution is -2.42. The molecule has 4 heteroatoms. The third-order valence-corrected chi connectivity index (χ3v) is 2.64. The largest absolute Gasteiger partial charge is 0.381 e. The van der Waals surface area contributed by atoms with Crippen LogP contribution in [0.2, 0.25) is 0 Å². The molecule has 0 aromatic carbocycles. The van der Waals surface area contributed by atoms with Gasteiger partial charge in [-0.3, -0.25) is 4.79 Å². The Balaban J connectivity index is 2.31. The highest BCUT2D eigenvalue weighted by Gasteiger charge is 2.19. The highest BCUT2D eigenvalue weighted by Crippen LogP contribution is 2.15. The van der Waals surface area contributed by atoms with Crippen LogP contribution in [0.4, 0.5) is 0 Å². The molecule has 1 saturated heterocycles. The second kappa shape index (κ2) is 5.32. The van der Waals surface area contributed by atoms with Crippen LogP contribution in [0.3, 0.4) is 0 Å². The molecule has 1 rings (SSSR count). The van der Waals surface area contributed by atoms with Crippen LogP contribution in [0.25, 0.3) is 0 Å². The Morgan fingerprint density at radius 1 is 1.57 bits per heavy atom. The van der Waals surface area contributed by atoms with Crippen LogP contribution in [0.1, 0.15) is 19.8 Å². The van der Waals surface area contributed by atoms with Crippen molar-refractivity contribution in [1.29, 1.82) is 0 Å². The predicted octanol–water partition coefficient (Wildman–Crippen LogP) is 0.219. The van der Waals surface area contributed by atoms with E-state index in [4.69, 9.17) is 10.5 Å². The first-order valence-electron chi connectivity index (χ1n) is 5.19. The minimum atomic E-state index is -0.389. The van der Waals surface area contributed by atoms with E-state index in [0.29, 0.717) is 5.92 Å². The molecule has 0 saturated carbocycles. The molecule has 0 aromatic rings. The van der Waals surface area contributed by atoms with Gasteiger partial charge in [0.25, 0.3) is 0 Å². The number of carbonyl (C=O) groups is 1. The summed E-state index contributed by atoms with van der Waals surface area (Å²) in [5, 5.41) is 0. The van der Waals surface area contributed by atoms with Crippen LogP contribution in [0.5, 0.6) is 0 Å². The highest BCUT2D eigenvalue weighted by molar-refractivity contribution is 5.80. The first-order chi connectivity index (χ1) is 6.61. The Morgan fingerprint density at radius 2 is 2.14 bits per heavy atom. The van der Waals surface area contributed by atoms with Gasteiger partial charge in [0.2, 0.25) is 5.91 Å².